The minimum absolute atomic E-state index is 0.0505. The Kier molecular flexibility index (Phi) is 5.01. The lowest BCUT2D eigenvalue weighted by Gasteiger charge is -2.15. The second-order valence-corrected chi connectivity index (χ2v) is 7.53. The number of hydrogen-bond donors (Lipinski definition) is 1. The molecule has 1 atom stereocenters. The number of aromatic amines is 1. The highest BCUT2D eigenvalue weighted by Crippen LogP contribution is 2.31. The summed E-state index contributed by atoms with van der Waals surface area (Å²) in [5.74, 6) is -0.299. The molecule has 1 unspecified atom stereocenters. The number of thioether (sulfide) groups is 1. The van der Waals surface area contributed by atoms with E-state index in [9.17, 15) is 13.6 Å². The van der Waals surface area contributed by atoms with Gasteiger partial charge in [0.1, 0.15) is 5.69 Å². The molecule has 23 heavy (non-hydrogen) atoms. The Morgan fingerprint density at radius 2 is 2.13 bits per heavy atom. The Labute approximate surface area is 144 Å². The minimum Gasteiger partial charge on any atom is -0.336 e. The number of hydrogen-bond acceptors (Lipinski definition) is 3. The molecule has 3 rings (SSSR count). The molecular formula is C15H14BrF2N3OS. The third-order valence-corrected chi connectivity index (χ3v) is 5.39. The topological polar surface area (TPSA) is 49.0 Å². The van der Waals surface area contributed by atoms with Crippen LogP contribution in [0.4, 0.5) is 8.78 Å². The molecule has 4 nitrogen and oxygen atoms in total. The van der Waals surface area contributed by atoms with Crippen LogP contribution in [0.15, 0.2) is 39.7 Å². The Morgan fingerprint density at radius 1 is 1.39 bits per heavy atom. The van der Waals surface area contributed by atoms with Gasteiger partial charge in [-0.05, 0) is 36.8 Å². The summed E-state index contributed by atoms with van der Waals surface area (Å²) in [4.78, 5) is 15.1. The number of amides is 1. The molecule has 2 heterocycles. The summed E-state index contributed by atoms with van der Waals surface area (Å²) in [6.45, 7) is 1.21. The van der Waals surface area contributed by atoms with Crippen LogP contribution in [0.1, 0.15) is 29.0 Å². The number of nitrogens with zero attached hydrogens (tertiary/aromatic N) is 2. The van der Waals surface area contributed by atoms with Crippen molar-refractivity contribution in [2.45, 2.75) is 23.0 Å². The molecule has 1 aliphatic heterocycles. The summed E-state index contributed by atoms with van der Waals surface area (Å²) >= 11 is 5.12. The van der Waals surface area contributed by atoms with E-state index in [0.29, 0.717) is 18.3 Å². The van der Waals surface area contributed by atoms with Gasteiger partial charge in [-0.15, -0.1) is 11.8 Å². The van der Waals surface area contributed by atoms with Gasteiger partial charge < -0.3 is 4.90 Å². The van der Waals surface area contributed by atoms with Crippen LogP contribution < -0.4 is 0 Å². The maximum absolute atomic E-state index is 12.6. The van der Waals surface area contributed by atoms with Crippen molar-refractivity contribution in [2.24, 2.45) is 0 Å². The van der Waals surface area contributed by atoms with E-state index in [0.717, 1.165) is 21.9 Å². The van der Waals surface area contributed by atoms with Gasteiger partial charge in [0, 0.05) is 27.7 Å². The molecular weight excluding hydrogens is 388 g/mol. The van der Waals surface area contributed by atoms with Crippen LogP contribution in [0.25, 0.3) is 0 Å². The lowest BCUT2D eigenvalue weighted by molar-refractivity contribution is 0.0787. The third kappa shape index (κ3) is 3.92. The average Bonchev–Trinajstić information content (AvgIpc) is 3.18. The number of halogens is 3. The maximum Gasteiger partial charge on any atom is 0.279 e. The smallest absolute Gasteiger partial charge is 0.279 e. The van der Waals surface area contributed by atoms with E-state index in [2.05, 4.69) is 26.1 Å². The van der Waals surface area contributed by atoms with E-state index in [-0.39, 0.29) is 17.3 Å². The highest BCUT2D eigenvalue weighted by molar-refractivity contribution is 9.10. The first-order chi connectivity index (χ1) is 11.0. The maximum atomic E-state index is 12.6. The predicted octanol–water partition coefficient (Wildman–Crippen LogP) is 4.12. The van der Waals surface area contributed by atoms with E-state index in [1.165, 1.54) is 0 Å². The van der Waals surface area contributed by atoms with Crippen molar-refractivity contribution in [2.75, 3.05) is 13.1 Å². The van der Waals surface area contributed by atoms with Crippen molar-refractivity contribution in [1.29, 1.82) is 0 Å². The lowest BCUT2D eigenvalue weighted by Crippen LogP contribution is -2.29. The summed E-state index contributed by atoms with van der Waals surface area (Å²) < 4.78 is 26.1. The van der Waals surface area contributed by atoms with Gasteiger partial charge in [-0.2, -0.15) is 5.10 Å². The predicted molar refractivity (Wildman–Crippen MR) is 87.9 cm³/mol. The number of carbonyl (C=O) groups is 1. The van der Waals surface area contributed by atoms with Crippen LogP contribution in [0, 0.1) is 0 Å². The van der Waals surface area contributed by atoms with E-state index in [4.69, 9.17) is 0 Å². The fourth-order valence-electron chi connectivity index (χ4n) is 2.43. The van der Waals surface area contributed by atoms with Crippen LogP contribution >= 0.6 is 27.7 Å². The molecule has 0 saturated carbocycles. The molecule has 1 aromatic heterocycles. The Hall–Kier alpha value is -1.41. The SMILES string of the molecule is O=C(c1cc(C(F)F)[nH]n1)N1CCC(Sc2ccc(Br)cc2)C1. The van der Waals surface area contributed by atoms with Crippen LogP contribution in [-0.2, 0) is 0 Å². The first-order valence-corrected chi connectivity index (χ1v) is 8.75. The summed E-state index contributed by atoms with van der Waals surface area (Å²) in [6.07, 6.45) is -1.78. The molecule has 1 N–H and O–H groups in total. The molecule has 2 aromatic rings. The first kappa shape index (κ1) is 16.4. The molecule has 1 amide bonds. The molecule has 1 saturated heterocycles. The lowest BCUT2D eigenvalue weighted by atomic mass is 10.3. The van der Waals surface area contributed by atoms with Gasteiger partial charge in [0.15, 0.2) is 5.69 Å². The number of likely N-dealkylation sites (tertiary alicyclic amines) is 1. The summed E-state index contributed by atoms with van der Waals surface area (Å²) in [5.41, 5.74) is -0.275. The number of H-pyrrole nitrogens is 1. The zero-order valence-corrected chi connectivity index (χ0v) is 14.4. The van der Waals surface area contributed by atoms with Gasteiger partial charge in [-0.25, -0.2) is 8.78 Å². The van der Waals surface area contributed by atoms with Gasteiger partial charge >= 0.3 is 0 Å². The standard InChI is InChI=1S/C15H14BrF2N3OS/c16-9-1-3-10(4-2-9)23-11-5-6-21(8-11)15(22)13-7-12(14(17)18)19-20-13/h1-4,7,11,14H,5-6,8H2,(H,19,20). The van der Waals surface area contributed by atoms with Gasteiger partial charge in [-0.1, -0.05) is 15.9 Å². The van der Waals surface area contributed by atoms with E-state index in [1.807, 2.05) is 24.3 Å². The summed E-state index contributed by atoms with van der Waals surface area (Å²) in [7, 11) is 0. The molecule has 8 heteroatoms. The molecule has 0 spiro atoms. The highest BCUT2D eigenvalue weighted by atomic mass is 79.9. The molecule has 1 aliphatic rings. The van der Waals surface area contributed by atoms with E-state index >= 15 is 0 Å². The molecule has 0 bridgehead atoms. The monoisotopic (exact) mass is 401 g/mol. The number of nitrogens with one attached hydrogen (secondary N) is 1. The van der Waals surface area contributed by atoms with Gasteiger partial charge in [0.2, 0.25) is 0 Å². The summed E-state index contributed by atoms with van der Waals surface area (Å²) in [6, 6.07) is 9.15. The molecule has 0 radical (unpaired) electrons. The van der Waals surface area contributed by atoms with E-state index in [1.54, 1.807) is 16.7 Å². The Balaban J connectivity index is 1.60. The van der Waals surface area contributed by atoms with Gasteiger partial charge in [0.25, 0.3) is 12.3 Å². The second-order valence-electron chi connectivity index (χ2n) is 5.24. The Morgan fingerprint density at radius 3 is 2.78 bits per heavy atom. The quantitative estimate of drug-likeness (QED) is 0.837. The van der Waals surface area contributed by atoms with Crippen molar-refractivity contribution < 1.29 is 13.6 Å². The Bertz CT molecular complexity index is 692. The molecule has 1 fully saturated rings. The minimum atomic E-state index is -2.65. The first-order valence-electron chi connectivity index (χ1n) is 7.08. The second kappa shape index (κ2) is 7.00. The molecule has 1 aromatic carbocycles. The van der Waals surface area contributed by atoms with Crippen molar-refractivity contribution in [3.63, 3.8) is 0 Å². The zero-order chi connectivity index (χ0) is 16.4. The van der Waals surface area contributed by atoms with E-state index < -0.39 is 6.43 Å². The number of alkyl halides is 2. The molecule has 122 valence electrons. The normalized spacial score (nSPS) is 17.9. The highest BCUT2D eigenvalue weighted by Gasteiger charge is 2.29. The average molecular weight is 402 g/mol. The fraction of sp³-hybridized carbons (Fsp3) is 0.333. The fourth-order valence-corrected chi connectivity index (χ4v) is 3.85. The van der Waals surface area contributed by atoms with Crippen molar-refractivity contribution in [3.8, 4) is 0 Å². The zero-order valence-electron chi connectivity index (χ0n) is 12.0. The number of rotatable bonds is 4. The van der Waals surface area contributed by atoms with Crippen LogP contribution in [0.2, 0.25) is 0 Å². The van der Waals surface area contributed by atoms with Crippen LogP contribution in [0.5, 0.6) is 0 Å². The largest absolute Gasteiger partial charge is 0.336 e. The third-order valence-electron chi connectivity index (χ3n) is 3.60. The number of aromatic nitrogens is 2. The van der Waals surface area contributed by atoms with Crippen molar-refractivity contribution in [3.05, 3.63) is 46.2 Å². The number of benzene rings is 1. The van der Waals surface area contributed by atoms with Gasteiger partial charge in [-0.3, -0.25) is 9.89 Å². The van der Waals surface area contributed by atoms with Crippen LogP contribution in [-0.4, -0.2) is 39.3 Å². The number of carbonyl (C=O) groups excluding carboxylic acids is 1. The van der Waals surface area contributed by atoms with Crippen molar-refractivity contribution in [1.82, 2.24) is 15.1 Å². The van der Waals surface area contributed by atoms with Gasteiger partial charge in [0.05, 0.1) is 0 Å². The van der Waals surface area contributed by atoms with Crippen molar-refractivity contribution >= 4 is 33.6 Å². The summed E-state index contributed by atoms with van der Waals surface area (Å²) in [5, 5.41) is 6.20. The molecule has 0 aliphatic carbocycles. The van der Waals surface area contributed by atoms with Crippen LogP contribution in [0.3, 0.4) is 0 Å².